The maximum atomic E-state index is 13.8. The number of halogens is 11. The number of carbonyl (C=O) groups excluding carboxylic acids is 2. The third-order valence-electron chi connectivity index (χ3n) is 5.72. The molecule has 15 heteroatoms. The van der Waals surface area contributed by atoms with Gasteiger partial charge in [0.15, 0.2) is 0 Å². The second-order valence-electron chi connectivity index (χ2n) is 8.69. The smallest absolute Gasteiger partial charge is 0.345 e. The molecular formula is C24H17Br2F9N2O2. The fourth-order valence-corrected chi connectivity index (χ4v) is 4.23. The van der Waals surface area contributed by atoms with Gasteiger partial charge in [0.25, 0.3) is 5.91 Å². The van der Waals surface area contributed by atoms with Crippen LogP contribution in [0.15, 0.2) is 51.4 Å². The highest BCUT2D eigenvalue weighted by Crippen LogP contribution is 2.40. The van der Waals surface area contributed by atoms with E-state index < -0.39 is 59.5 Å². The summed E-state index contributed by atoms with van der Waals surface area (Å²) in [5.74, 6) is -4.73. The van der Waals surface area contributed by atoms with Crippen molar-refractivity contribution in [2.24, 2.45) is 0 Å². The molecule has 0 aromatic heterocycles. The number of alkyl halides is 9. The predicted molar refractivity (Wildman–Crippen MR) is 130 cm³/mol. The van der Waals surface area contributed by atoms with Gasteiger partial charge in [-0.2, -0.15) is 39.5 Å². The molecule has 0 spiro atoms. The van der Waals surface area contributed by atoms with Crippen molar-refractivity contribution >= 4 is 49.8 Å². The molecule has 2 N–H and O–H groups in total. The average Bonchev–Trinajstić information content (AvgIpc) is 3.58. The molecule has 2 aromatic rings. The van der Waals surface area contributed by atoms with Crippen LogP contribution in [0.3, 0.4) is 0 Å². The highest BCUT2D eigenvalue weighted by Gasteiger charge is 2.52. The predicted octanol–water partition coefficient (Wildman–Crippen LogP) is 7.53. The first-order chi connectivity index (χ1) is 17.8. The van der Waals surface area contributed by atoms with Crippen LogP contribution < -0.4 is 10.6 Å². The molecule has 0 aliphatic heterocycles. The van der Waals surface area contributed by atoms with Crippen molar-refractivity contribution in [3.8, 4) is 0 Å². The Morgan fingerprint density at radius 1 is 0.923 bits per heavy atom. The van der Waals surface area contributed by atoms with E-state index in [1.54, 1.807) is 5.32 Å². The fourth-order valence-electron chi connectivity index (χ4n) is 3.59. The zero-order valence-electron chi connectivity index (χ0n) is 19.3. The minimum atomic E-state index is -5.12. The summed E-state index contributed by atoms with van der Waals surface area (Å²) >= 11 is 6.25. The first-order valence-corrected chi connectivity index (χ1v) is 12.5. The Balaban J connectivity index is 1.88. The first-order valence-electron chi connectivity index (χ1n) is 10.9. The highest BCUT2D eigenvalue weighted by molar-refractivity contribution is 9.13. The van der Waals surface area contributed by atoms with Gasteiger partial charge in [0.2, 0.25) is 5.91 Å². The number of nitrogens with one attached hydrogen (secondary N) is 2. The summed E-state index contributed by atoms with van der Waals surface area (Å²) in [7, 11) is 0. The van der Waals surface area contributed by atoms with Gasteiger partial charge in [-0.1, -0.05) is 24.3 Å². The summed E-state index contributed by atoms with van der Waals surface area (Å²) in [5.41, 5.74) is -4.71. The lowest BCUT2D eigenvalue weighted by molar-refractivity contribution is -0.140. The van der Waals surface area contributed by atoms with Crippen molar-refractivity contribution in [3.05, 3.63) is 73.7 Å². The summed E-state index contributed by atoms with van der Waals surface area (Å²) in [6.45, 7) is -1.69. The number of amides is 2. The van der Waals surface area contributed by atoms with Gasteiger partial charge in [-0.15, -0.1) is 0 Å². The van der Waals surface area contributed by atoms with Crippen LogP contribution in [0.2, 0.25) is 0 Å². The van der Waals surface area contributed by atoms with Gasteiger partial charge >= 0.3 is 18.5 Å². The summed E-state index contributed by atoms with van der Waals surface area (Å²) in [6.07, 6.45) is -13.3. The SMILES string of the molecule is O=C(NC1(C(=O)NCC(F)(F)F)CC1)c1ccc(/C=C/C(c2ccc(Br)c(Br)c2)C(F)(F)F)cc1C(F)(F)F. The van der Waals surface area contributed by atoms with Crippen molar-refractivity contribution in [1.82, 2.24) is 10.6 Å². The van der Waals surface area contributed by atoms with Gasteiger partial charge in [-0.3, -0.25) is 9.59 Å². The molecule has 1 aliphatic rings. The number of hydrogen-bond acceptors (Lipinski definition) is 2. The molecule has 1 atom stereocenters. The number of rotatable bonds is 7. The Kier molecular flexibility index (Phi) is 8.85. The molecule has 0 bridgehead atoms. The standard InChI is InChI=1S/C24H17Br2F9N2O2/c25-17-6-3-13(10-18(17)26)15(23(30,31)32)5-2-12-1-4-14(16(9-12)24(33,34)35)19(38)37-21(7-8-21)20(39)36-11-22(27,28)29/h1-6,9-10,15H,7-8,11H2,(H,36,39)(H,37,38)/b5-2+. The van der Waals surface area contributed by atoms with Crippen molar-refractivity contribution in [1.29, 1.82) is 0 Å². The molecule has 2 amide bonds. The molecule has 0 saturated heterocycles. The van der Waals surface area contributed by atoms with E-state index in [9.17, 15) is 49.1 Å². The van der Waals surface area contributed by atoms with E-state index in [2.05, 4.69) is 37.2 Å². The van der Waals surface area contributed by atoms with E-state index in [1.807, 2.05) is 0 Å². The minimum Gasteiger partial charge on any atom is -0.345 e. The molecule has 1 unspecified atom stereocenters. The Bertz CT molecular complexity index is 1280. The largest absolute Gasteiger partial charge is 0.417 e. The van der Waals surface area contributed by atoms with E-state index >= 15 is 0 Å². The molecule has 1 saturated carbocycles. The van der Waals surface area contributed by atoms with Crippen LogP contribution in [-0.4, -0.2) is 36.3 Å². The Morgan fingerprint density at radius 2 is 1.56 bits per heavy atom. The van der Waals surface area contributed by atoms with E-state index in [-0.39, 0.29) is 24.0 Å². The van der Waals surface area contributed by atoms with E-state index in [0.717, 1.165) is 18.2 Å². The molecule has 39 heavy (non-hydrogen) atoms. The Morgan fingerprint density at radius 3 is 2.08 bits per heavy atom. The third kappa shape index (κ3) is 7.99. The van der Waals surface area contributed by atoms with Crippen molar-refractivity contribution < 1.29 is 49.1 Å². The van der Waals surface area contributed by atoms with Gasteiger partial charge in [0, 0.05) is 8.95 Å². The van der Waals surface area contributed by atoms with Crippen LogP contribution in [0.25, 0.3) is 6.08 Å². The lowest BCUT2D eigenvalue weighted by Crippen LogP contribution is -2.51. The van der Waals surface area contributed by atoms with Crippen LogP contribution in [0.5, 0.6) is 0 Å². The van der Waals surface area contributed by atoms with Crippen molar-refractivity contribution in [3.63, 3.8) is 0 Å². The van der Waals surface area contributed by atoms with Crippen LogP contribution in [0, 0.1) is 0 Å². The average molecular weight is 696 g/mol. The van der Waals surface area contributed by atoms with Gasteiger partial charge in [-0.25, -0.2) is 0 Å². The molecule has 1 fully saturated rings. The normalized spacial score (nSPS) is 16.2. The molecule has 0 heterocycles. The highest BCUT2D eigenvalue weighted by atomic mass is 79.9. The maximum Gasteiger partial charge on any atom is 0.417 e. The molecule has 2 aromatic carbocycles. The number of benzene rings is 2. The maximum absolute atomic E-state index is 13.8. The molecular weight excluding hydrogens is 679 g/mol. The Labute approximate surface area is 232 Å². The molecule has 1 aliphatic carbocycles. The van der Waals surface area contributed by atoms with Gasteiger partial charge in [-0.05, 0) is 80.1 Å². The lowest BCUT2D eigenvalue weighted by Gasteiger charge is -2.20. The monoisotopic (exact) mass is 694 g/mol. The summed E-state index contributed by atoms with van der Waals surface area (Å²) in [5, 5.41) is 3.65. The second kappa shape index (κ2) is 11.1. The summed E-state index contributed by atoms with van der Waals surface area (Å²) in [4.78, 5) is 24.7. The van der Waals surface area contributed by atoms with Crippen LogP contribution >= 0.6 is 31.9 Å². The molecule has 3 rings (SSSR count). The lowest BCUT2D eigenvalue weighted by atomic mass is 9.96. The second-order valence-corrected chi connectivity index (χ2v) is 10.4. The quantitative estimate of drug-likeness (QED) is 0.295. The fraction of sp³-hybridized carbons (Fsp3) is 0.333. The molecule has 212 valence electrons. The summed E-state index contributed by atoms with van der Waals surface area (Å²) in [6, 6.07) is 5.95. The van der Waals surface area contributed by atoms with Crippen LogP contribution in [0.4, 0.5) is 39.5 Å². The molecule has 0 radical (unpaired) electrons. The number of hydrogen-bond donors (Lipinski definition) is 2. The van der Waals surface area contributed by atoms with Crippen molar-refractivity contribution in [2.75, 3.05) is 6.54 Å². The van der Waals surface area contributed by atoms with E-state index in [4.69, 9.17) is 0 Å². The number of carbonyl (C=O) groups is 2. The first kappa shape index (κ1) is 31.0. The van der Waals surface area contributed by atoms with E-state index in [1.165, 1.54) is 18.2 Å². The molecule has 4 nitrogen and oxygen atoms in total. The van der Waals surface area contributed by atoms with Crippen molar-refractivity contribution in [2.45, 2.75) is 42.8 Å². The zero-order chi connectivity index (χ0) is 29.4. The van der Waals surface area contributed by atoms with Crippen LogP contribution in [-0.2, 0) is 11.0 Å². The summed E-state index contributed by atoms with van der Waals surface area (Å²) < 4.78 is 120. The van der Waals surface area contributed by atoms with Gasteiger partial charge in [0.1, 0.15) is 12.1 Å². The van der Waals surface area contributed by atoms with E-state index in [0.29, 0.717) is 21.1 Å². The van der Waals surface area contributed by atoms with Gasteiger partial charge < -0.3 is 10.6 Å². The zero-order valence-corrected chi connectivity index (χ0v) is 22.5. The Hall–Kier alpha value is -2.55. The topological polar surface area (TPSA) is 58.2 Å². The van der Waals surface area contributed by atoms with Crippen LogP contribution in [0.1, 0.15) is 45.8 Å². The minimum absolute atomic E-state index is 0.0877. The third-order valence-corrected chi connectivity index (χ3v) is 7.60. The number of allylic oxidation sites excluding steroid dienone is 1. The van der Waals surface area contributed by atoms with Gasteiger partial charge in [0.05, 0.1) is 17.0 Å².